The van der Waals surface area contributed by atoms with Gasteiger partial charge in [-0.3, -0.25) is 9.79 Å². The van der Waals surface area contributed by atoms with Crippen LogP contribution in [0, 0.1) is 0 Å². The molecule has 0 aromatic rings. The zero-order valence-corrected chi connectivity index (χ0v) is 11.3. The Hall–Kier alpha value is -1.97. The molecule has 1 rings (SSSR count). The second kappa shape index (κ2) is 8.19. The highest BCUT2D eigenvalue weighted by molar-refractivity contribution is 5.65. The number of carbonyl (C=O) groups excluding carboxylic acids is 1. The molecule has 0 bridgehead atoms. The van der Waals surface area contributed by atoms with Gasteiger partial charge in [-0.1, -0.05) is 18.2 Å². The van der Waals surface area contributed by atoms with Crippen LogP contribution in [0.15, 0.2) is 52.5 Å². The third-order valence-corrected chi connectivity index (χ3v) is 2.74. The average molecular weight is 262 g/mol. The van der Waals surface area contributed by atoms with Gasteiger partial charge < -0.3 is 4.90 Å². The van der Waals surface area contributed by atoms with Crippen LogP contribution >= 0.6 is 0 Å². The van der Waals surface area contributed by atoms with Crippen molar-refractivity contribution in [2.45, 2.75) is 20.3 Å². The van der Waals surface area contributed by atoms with Gasteiger partial charge in [-0.15, -0.1) is 0 Å². The average Bonchev–Trinajstić information content (AvgIpc) is 2.57. The predicted octanol–water partition coefficient (Wildman–Crippen LogP) is 3.18. The summed E-state index contributed by atoms with van der Waals surface area (Å²) in [7, 11) is 0. The van der Waals surface area contributed by atoms with Crippen molar-refractivity contribution in [2.24, 2.45) is 4.99 Å². The van der Waals surface area contributed by atoms with Gasteiger partial charge >= 0.3 is 0 Å². The van der Waals surface area contributed by atoms with Crippen molar-refractivity contribution >= 4 is 12.6 Å². The van der Waals surface area contributed by atoms with Crippen LogP contribution in [0.4, 0.5) is 4.39 Å². The van der Waals surface area contributed by atoms with Gasteiger partial charge in [0.05, 0.1) is 6.54 Å². The molecule has 0 saturated heterocycles. The summed E-state index contributed by atoms with van der Waals surface area (Å²) >= 11 is 0. The van der Waals surface area contributed by atoms with Crippen molar-refractivity contribution in [3.05, 3.63) is 47.5 Å². The Bertz CT molecular complexity index is 459. The van der Waals surface area contributed by atoms with Crippen LogP contribution < -0.4 is 0 Å². The van der Waals surface area contributed by atoms with Crippen LogP contribution in [-0.2, 0) is 4.79 Å². The van der Waals surface area contributed by atoms with Gasteiger partial charge in [0.25, 0.3) is 0 Å². The second-order valence-corrected chi connectivity index (χ2v) is 4.25. The normalized spacial score (nSPS) is 16.1. The number of hydrogen-bond donors (Lipinski definition) is 0. The van der Waals surface area contributed by atoms with E-state index in [0.29, 0.717) is 13.1 Å². The lowest BCUT2D eigenvalue weighted by molar-refractivity contribution is -0.117. The van der Waals surface area contributed by atoms with E-state index in [0.717, 1.165) is 17.6 Å². The Morgan fingerprint density at radius 2 is 2.26 bits per heavy atom. The molecule has 0 unspecified atom stereocenters. The van der Waals surface area contributed by atoms with Gasteiger partial charge in [0.1, 0.15) is 5.83 Å². The Morgan fingerprint density at radius 3 is 2.95 bits per heavy atom. The van der Waals surface area contributed by atoms with Gasteiger partial charge in [-0.25, -0.2) is 4.39 Å². The van der Waals surface area contributed by atoms with Crippen molar-refractivity contribution in [2.75, 3.05) is 13.1 Å². The van der Waals surface area contributed by atoms with E-state index in [2.05, 4.69) is 4.99 Å². The van der Waals surface area contributed by atoms with Gasteiger partial charge in [0.15, 0.2) is 0 Å². The molecule has 0 aromatic heterocycles. The number of nitrogens with zero attached hydrogens (tertiary/aromatic N) is 2. The maximum atomic E-state index is 13.2. The molecule has 0 aliphatic heterocycles. The van der Waals surface area contributed by atoms with E-state index in [1.165, 1.54) is 6.08 Å². The maximum Gasteiger partial charge on any atom is 0.210 e. The summed E-state index contributed by atoms with van der Waals surface area (Å²) in [6, 6.07) is 0. The molecule has 0 aromatic carbocycles. The van der Waals surface area contributed by atoms with Crippen molar-refractivity contribution in [3.63, 3.8) is 0 Å². The molecule has 0 atom stereocenters. The lowest BCUT2D eigenvalue weighted by Gasteiger charge is -2.17. The third kappa shape index (κ3) is 5.46. The fourth-order valence-corrected chi connectivity index (χ4v) is 1.62. The van der Waals surface area contributed by atoms with E-state index in [1.807, 2.05) is 26.0 Å². The Morgan fingerprint density at radius 1 is 1.47 bits per heavy atom. The molecule has 0 saturated carbocycles. The predicted molar refractivity (Wildman–Crippen MR) is 76.6 cm³/mol. The largest absolute Gasteiger partial charge is 0.336 e. The monoisotopic (exact) mass is 262 g/mol. The van der Waals surface area contributed by atoms with E-state index in [-0.39, 0.29) is 12.2 Å². The number of halogens is 1. The lowest BCUT2D eigenvalue weighted by atomic mass is 10.1. The molecule has 0 radical (unpaired) electrons. The topological polar surface area (TPSA) is 32.7 Å². The van der Waals surface area contributed by atoms with Crippen LogP contribution in [0.25, 0.3) is 0 Å². The first-order valence-corrected chi connectivity index (χ1v) is 6.22. The first kappa shape index (κ1) is 15.1. The van der Waals surface area contributed by atoms with Gasteiger partial charge in [-0.2, -0.15) is 0 Å². The van der Waals surface area contributed by atoms with E-state index >= 15 is 0 Å². The summed E-state index contributed by atoms with van der Waals surface area (Å²) in [5, 5.41) is 0. The molecule has 0 heterocycles. The molecular formula is C15H19FN2O. The highest BCUT2D eigenvalue weighted by atomic mass is 19.1. The molecule has 19 heavy (non-hydrogen) atoms. The number of allylic oxidation sites excluding steroid dienone is 5. The van der Waals surface area contributed by atoms with Crippen LogP contribution in [0.5, 0.6) is 0 Å². The van der Waals surface area contributed by atoms with Gasteiger partial charge in [0, 0.05) is 25.4 Å². The number of rotatable bonds is 6. The third-order valence-electron chi connectivity index (χ3n) is 2.74. The number of aliphatic imine (C=N–C) groups is 1. The van der Waals surface area contributed by atoms with Crippen molar-refractivity contribution in [1.82, 2.24) is 4.90 Å². The molecule has 3 nitrogen and oxygen atoms in total. The van der Waals surface area contributed by atoms with Gasteiger partial charge in [0.2, 0.25) is 6.41 Å². The highest BCUT2D eigenvalue weighted by Crippen LogP contribution is 2.19. The quantitative estimate of drug-likeness (QED) is 0.534. The molecule has 4 heteroatoms. The summed E-state index contributed by atoms with van der Waals surface area (Å²) in [6.07, 6.45) is 11.2. The molecule has 1 aliphatic rings. The van der Waals surface area contributed by atoms with E-state index in [1.54, 1.807) is 23.4 Å². The molecular weight excluding hydrogens is 243 g/mol. The first-order valence-electron chi connectivity index (χ1n) is 6.22. The minimum Gasteiger partial charge on any atom is -0.336 e. The summed E-state index contributed by atoms with van der Waals surface area (Å²) < 4.78 is 13.2. The van der Waals surface area contributed by atoms with E-state index < -0.39 is 0 Å². The Balaban J connectivity index is 2.63. The van der Waals surface area contributed by atoms with Crippen LogP contribution in [0.2, 0.25) is 0 Å². The summed E-state index contributed by atoms with van der Waals surface area (Å²) in [5.41, 5.74) is 1.94. The number of amides is 1. The zero-order valence-electron chi connectivity index (χ0n) is 11.3. The first-order chi connectivity index (χ1) is 9.17. The minimum absolute atomic E-state index is 0.165. The fourth-order valence-electron chi connectivity index (χ4n) is 1.62. The summed E-state index contributed by atoms with van der Waals surface area (Å²) in [4.78, 5) is 16.6. The standard InChI is InChI=1S/C15H19FN2O/c1-3-8-17-9-10-18(12-19)11-14-5-7-15(16)6-4-13(14)2/h3-6,8-9,12H,7,10-11H2,1-2H3/b8-3-,17-9?. The van der Waals surface area contributed by atoms with Crippen LogP contribution in [0.3, 0.4) is 0 Å². The summed E-state index contributed by atoms with van der Waals surface area (Å²) in [5.74, 6) is -0.165. The number of carbonyl (C=O) groups is 1. The van der Waals surface area contributed by atoms with E-state index in [9.17, 15) is 9.18 Å². The molecule has 102 valence electrons. The lowest BCUT2D eigenvalue weighted by Crippen LogP contribution is -2.26. The molecule has 0 N–H and O–H groups in total. The number of hydrogen-bond acceptors (Lipinski definition) is 2. The fraction of sp³-hybridized carbons (Fsp3) is 0.333. The van der Waals surface area contributed by atoms with Crippen molar-refractivity contribution in [1.29, 1.82) is 0 Å². The molecule has 1 amide bonds. The van der Waals surface area contributed by atoms with Crippen LogP contribution in [-0.4, -0.2) is 30.6 Å². The molecule has 1 aliphatic carbocycles. The van der Waals surface area contributed by atoms with Gasteiger partial charge in [-0.05, 0) is 31.1 Å². The molecule has 0 fully saturated rings. The minimum atomic E-state index is -0.165. The van der Waals surface area contributed by atoms with Crippen LogP contribution in [0.1, 0.15) is 20.3 Å². The Kier molecular flexibility index (Phi) is 6.50. The second-order valence-electron chi connectivity index (χ2n) is 4.25. The smallest absolute Gasteiger partial charge is 0.210 e. The van der Waals surface area contributed by atoms with Crippen molar-refractivity contribution in [3.8, 4) is 0 Å². The van der Waals surface area contributed by atoms with E-state index in [4.69, 9.17) is 0 Å². The summed E-state index contributed by atoms with van der Waals surface area (Å²) in [6.45, 7) is 4.70. The Labute approximate surface area is 113 Å². The zero-order chi connectivity index (χ0) is 14.1. The SMILES string of the molecule is C/C=C\N=CCN(C=O)CC1=CCC(F)=CC=C1C. The van der Waals surface area contributed by atoms with Crippen molar-refractivity contribution < 1.29 is 9.18 Å². The maximum absolute atomic E-state index is 13.2. The molecule has 0 spiro atoms. The highest BCUT2D eigenvalue weighted by Gasteiger charge is 2.08.